The van der Waals surface area contributed by atoms with Gasteiger partial charge in [0, 0.05) is 17.2 Å². The first-order valence-electron chi connectivity index (χ1n) is 7.55. The molecule has 0 spiro atoms. The Morgan fingerprint density at radius 1 is 1.35 bits per heavy atom. The number of nitrogens with zero attached hydrogens (tertiary/aromatic N) is 1. The molecule has 110 valence electrons. The molecule has 4 nitrogen and oxygen atoms in total. The van der Waals surface area contributed by atoms with Gasteiger partial charge in [0.1, 0.15) is 0 Å². The van der Waals surface area contributed by atoms with Crippen molar-refractivity contribution in [1.82, 2.24) is 0 Å². The fourth-order valence-corrected chi connectivity index (χ4v) is 3.19. The van der Waals surface area contributed by atoms with Crippen molar-refractivity contribution < 1.29 is 4.92 Å². The quantitative estimate of drug-likeness (QED) is 0.656. The van der Waals surface area contributed by atoms with Crippen LogP contribution in [0.3, 0.4) is 0 Å². The van der Waals surface area contributed by atoms with Crippen LogP contribution in [0.1, 0.15) is 51.0 Å². The number of benzene rings is 1. The van der Waals surface area contributed by atoms with Gasteiger partial charge in [0.05, 0.1) is 4.92 Å². The Balaban J connectivity index is 1.97. The summed E-state index contributed by atoms with van der Waals surface area (Å²) in [6.45, 7) is 2.24. The third kappa shape index (κ3) is 3.57. The highest BCUT2D eigenvalue weighted by Gasteiger charge is 2.31. The summed E-state index contributed by atoms with van der Waals surface area (Å²) >= 11 is 0. The summed E-state index contributed by atoms with van der Waals surface area (Å²) in [5.74, 6) is 0.817. The third-order valence-corrected chi connectivity index (χ3v) is 4.76. The van der Waals surface area contributed by atoms with Gasteiger partial charge < -0.3 is 5.73 Å². The van der Waals surface area contributed by atoms with E-state index in [4.69, 9.17) is 5.73 Å². The molecule has 1 fully saturated rings. The summed E-state index contributed by atoms with van der Waals surface area (Å²) in [7, 11) is 0. The van der Waals surface area contributed by atoms with Crippen LogP contribution in [0.2, 0.25) is 0 Å². The van der Waals surface area contributed by atoms with Gasteiger partial charge in [0.15, 0.2) is 0 Å². The van der Waals surface area contributed by atoms with Crippen molar-refractivity contribution in [2.75, 3.05) is 0 Å². The van der Waals surface area contributed by atoms with Crippen molar-refractivity contribution >= 4 is 5.69 Å². The first kappa shape index (κ1) is 15.0. The number of nitro groups is 1. The minimum atomic E-state index is -0.299. The first-order chi connectivity index (χ1) is 9.54. The van der Waals surface area contributed by atoms with Gasteiger partial charge in [-0.3, -0.25) is 10.1 Å². The molecule has 0 aromatic heterocycles. The summed E-state index contributed by atoms with van der Waals surface area (Å²) in [5, 5.41) is 11.0. The normalized spacial score (nSPS) is 26.4. The third-order valence-electron chi connectivity index (χ3n) is 4.76. The number of hydrogen-bond acceptors (Lipinski definition) is 3. The molecule has 1 saturated carbocycles. The van der Waals surface area contributed by atoms with Crippen LogP contribution >= 0.6 is 0 Å². The van der Waals surface area contributed by atoms with Crippen LogP contribution in [0.4, 0.5) is 5.69 Å². The van der Waals surface area contributed by atoms with Crippen LogP contribution in [-0.2, 0) is 6.42 Å². The summed E-state index contributed by atoms with van der Waals surface area (Å²) in [4.78, 5) is 10.7. The van der Waals surface area contributed by atoms with Crippen LogP contribution in [0.5, 0.6) is 0 Å². The monoisotopic (exact) mass is 276 g/mol. The lowest BCUT2D eigenvalue weighted by atomic mass is 9.73. The highest BCUT2D eigenvalue weighted by molar-refractivity contribution is 5.39. The van der Waals surface area contributed by atoms with E-state index in [9.17, 15) is 10.1 Å². The molecule has 2 rings (SSSR count). The van der Waals surface area contributed by atoms with E-state index in [-0.39, 0.29) is 16.1 Å². The van der Waals surface area contributed by atoms with Crippen molar-refractivity contribution in [3.63, 3.8) is 0 Å². The Hall–Kier alpha value is -1.42. The second-order valence-electron chi connectivity index (χ2n) is 6.10. The van der Waals surface area contributed by atoms with Gasteiger partial charge in [-0.15, -0.1) is 0 Å². The van der Waals surface area contributed by atoms with Crippen molar-refractivity contribution in [3.8, 4) is 0 Å². The van der Waals surface area contributed by atoms with E-state index in [0.717, 1.165) is 30.7 Å². The van der Waals surface area contributed by atoms with Gasteiger partial charge in [0.2, 0.25) is 0 Å². The van der Waals surface area contributed by atoms with Crippen LogP contribution in [0.15, 0.2) is 24.3 Å². The molecule has 4 heteroatoms. The minimum Gasteiger partial charge on any atom is -0.325 e. The molecule has 0 unspecified atom stereocenters. The minimum absolute atomic E-state index is 0.130. The lowest BCUT2D eigenvalue weighted by Crippen LogP contribution is -2.43. The van der Waals surface area contributed by atoms with Gasteiger partial charge in [-0.25, -0.2) is 0 Å². The maximum atomic E-state index is 11.0. The molecular weight excluding hydrogens is 252 g/mol. The summed E-state index contributed by atoms with van der Waals surface area (Å²) in [5.41, 5.74) is 7.38. The lowest BCUT2D eigenvalue weighted by molar-refractivity contribution is -0.385. The first-order valence-corrected chi connectivity index (χ1v) is 7.55. The van der Waals surface area contributed by atoms with Crippen molar-refractivity contribution in [2.24, 2.45) is 11.7 Å². The zero-order chi connectivity index (χ0) is 14.6. The zero-order valence-corrected chi connectivity index (χ0v) is 12.2. The maximum absolute atomic E-state index is 11.0. The number of aryl methyl sites for hydroxylation is 1. The smallest absolute Gasteiger partial charge is 0.272 e. The van der Waals surface area contributed by atoms with Crippen LogP contribution in [0.25, 0.3) is 0 Å². The predicted molar refractivity (Wildman–Crippen MR) is 80.6 cm³/mol. The summed E-state index contributed by atoms with van der Waals surface area (Å²) in [6.07, 6.45) is 7.27. The number of nitrogens with two attached hydrogens (primary N) is 1. The Morgan fingerprint density at radius 2 is 2.00 bits per heavy atom. The van der Waals surface area contributed by atoms with E-state index >= 15 is 0 Å². The molecule has 0 amide bonds. The molecule has 0 atom stereocenters. The Labute approximate surface area is 120 Å². The molecule has 2 N–H and O–H groups in total. The van der Waals surface area contributed by atoms with Gasteiger partial charge >= 0.3 is 0 Å². The van der Waals surface area contributed by atoms with Crippen molar-refractivity contribution in [2.45, 2.75) is 57.4 Å². The molecule has 1 aliphatic carbocycles. The number of nitro benzene ring substituents is 1. The topological polar surface area (TPSA) is 69.2 Å². The van der Waals surface area contributed by atoms with E-state index in [1.165, 1.54) is 19.3 Å². The average molecular weight is 276 g/mol. The van der Waals surface area contributed by atoms with Crippen LogP contribution in [0, 0.1) is 16.0 Å². The van der Waals surface area contributed by atoms with E-state index in [1.807, 2.05) is 12.1 Å². The SMILES string of the molecule is CCC1CCC(N)(CCc2ccccc2[N+](=O)[O-])CC1. The number of hydrogen-bond donors (Lipinski definition) is 1. The van der Waals surface area contributed by atoms with Gasteiger partial charge in [0.25, 0.3) is 5.69 Å². The fourth-order valence-electron chi connectivity index (χ4n) is 3.19. The molecule has 20 heavy (non-hydrogen) atoms. The van der Waals surface area contributed by atoms with Crippen LogP contribution in [-0.4, -0.2) is 10.5 Å². The number of para-hydroxylation sites is 1. The lowest BCUT2D eigenvalue weighted by Gasteiger charge is -2.37. The van der Waals surface area contributed by atoms with Gasteiger partial charge in [-0.05, 0) is 44.4 Å². The Kier molecular flexibility index (Phi) is 4.76. The Morgan fingerprint density at radius 3 is 2.60 bits per heavy atom. The highest BCUT2D eigenvalue weighted by atomic mass is 16.6. The zero-order valence-electron chi connectivity index (χ0n) is 12.2. The van der Waals surface area contributed by atoms with E-state index in [1.54, 1.807) is 12.1 Å². The molecule has 0 aliphatic heterocycles. The molecule has 0 radical (unpaired) electrons. The summed E-state index contributed by atoms with van der Waals surface area (Å²) < 4.78 is 0. The summed E-state index contributed by atoms with van der Waals surface area (Å²) in [6, 6.07) is 7.00. The van der Waals surface area contributed by atoms with Crippen molar-refractivity contribution in [1.29, 1.82) is 0 Å². The van der Waals surface area contributed by atoms with Gasteiger partial charge in [-0.1, -0.05) is 31.5 Å². The van der Waals surface area contributed by atoms with E-state index in [0.29, 0.717) is 6.42 Å². The molecule has 1 aromatic carbocycles. The van der Waals surface area contributed by atoms with Crippen LogP contribution < -0.4 is 5.73 Å². The van der Waals surface area contributed by atoms with E-state index < -0.39 is 0 Å². The largest absolute Gasteiger partial charge is 0.325 e. The average Bonchev–Trinajstić information content (AvgIpc) is 2.46. The molecule has 0 saturated heterocycles. The van der Waals surface area contributed by atoms with Gasteiger partial charge in [-0.2, -0.15) is 0 Å². The molecular formula is C16H24N2O2. The molecule has 0 bridgehead atoms. The molecule has 1 aliphatic rings. The van der Waals surface area contributed by atoms with E-state index in [2.05, 4.69) is 6.92 Å². The second kappa shape index (κ2) is 6.35. The van der Waals surface area contributed by atoms with Crippen molar-refractivity contribution in [3.05, 3.63) is 39.9 Å². The molecule has 0 heterocycles. The molecule has 1 aromatic rings. The fraction of sp³-hybridized carbons (Fsp3) is 0.625. The maximum Gasteiger partial charge on any atom is 0.272 e. The standard InChI is InChI=1S/C16H24N2O2/c1-2-13-7-10-16(17,11-8-13)12-9-14-5-3-4-6-15(14)18(19)20/h3-6,13H,2,7-12,17H2,1H3. The second-order valence-corrected chi connectivity index (χ2v) is 6.10. The number of rotatable bonds is 5. The predicted octanol–water partition coefficient (Wildman–Crippen LogP) is 3.83. The Bertz CT molecular complexity index is 465. The highest BCUT2D eigenvalue weighted by Crippen LogP contribution is 2.35.